The smallest absolute Gasteiger partial charge is 0.220 e. The fraction of sp³-hybridized carbons (Fsp3) is 0.429. The van der Waals surface area contributed by atoms with E-state index in [4.69, 9.17) is 5.73 Å². The monoisotopic (exact) mass is 427 g/mol. The Bertz CT molecular complexity index is 628. The van der Waals surface area contributed by atoms with Gasteiger partial charge in [-0.05, 0) is 32.0 Å². The molecule has 2 rings (SSSR count). The molecule has 0 aliphatic rings. The number of nitrogens with one attached hydrogen (secondary N) is 1. The van der Waals surface area contributed by atoms with Crippen molar-refractivity contribution in [3.05, 3.63) is 27.7 Å². The Morgan fingerprint density at radius 3 is 2.73 bits per heavy atom. The van der Waals surface area contributed by atoms with Gasteiger partial charge < -0.3 is 11.1 Å². The highest BCUT2D eigenvalue weighted by atomic mass is 79.9. The van der Waals surface area contributed by atoms with Gasteiger partial charge in [0.2, 0.25) is 5.91 Å². The predicted molar refractivity (Wildman–Crippen MR) is 101 cm³/mol. The molecule has 0 aliphatic heterocycles. The third-order valence-corrected chi connectivity index (χ3v) is 4.29. The summed E-state index contributed by atoms with van der Waals surface area (Å²) in [5.74, 6) is 0.0176. The van der Waals surface area contributed by atoms with Crippen LogP contribution in [0, 0.1) is 0 Å². The molecular formula is C14H20BrCl2N3OS. The average molecular weight is 429 g/mol. The van der Waals surface area contributed by atoms with Gasteiger partial charge in [-0.25, -0.2) is 4.98 Å². The first-order valence-electron chi connectivity index (χ1n) is 6.44. The molecule has 124 valence electrons. The summed E-state index contributed by atoms with van der Waals surface area (Å²) in [4.78, 5) is 16.3. The molecule has 1 amide bonds. The Hall–Kier alpha value is -0.400. The number of amides is 1. The third-order valence-electron chi connectivity index (χ3n) is 2.70. The number of thiazole rings is 1. The van der Waals surface area contributed by atoms with Crippen LogP contribution >= 0.6 is 52.1 Å². The van der Waals surface area contributed by atoms with Crippen molar-refractivity contribution in [1.82, 2.24) is 10.3 Å². The lowest BCUT2D eigenvalue weighted by atomic mass is 10.1. The highest BCUT2D eigenvalue weighted by Gasteiger charge is 2.13. The van der Waals surface area contributed by atoms with Crippen LogP contribution in [0.1, 0.15) is 25.3 Å². The van der Waals surface area contributed by atoms with Gasteiger partial charge in [0.1, 0.15) is 0 Å². The fourth-order valence-electron chi connectivity index (χ4n) is 1.69. The van der Waals surface area contributed by atoms with Gasteiger partial charge in [-0.2, -0.15) is 0 Å². The van der Waals surface area contributed by atoms with Gasteiger partial charge in [0.15, 0.2) is 0 Å². The van der Waals surface area contributed by atoms with E-state index in [9.17, 15) is 4.79 Å². The fourth-order valence-corrected chi connectivity index (χ4v) is 2.99. The molecule has 4 nitrogen and oxygen atoms in total. The summed E-state index contributed by atoms with van der Waals surface area (Å²) >= 11 is 5.07. The second-order valence-electron chi connectivity index (χ2n) is 5.48. The Morgan fingerprint density at radius 2 is 2.09 bits per heavy atom. The summed E-state index contributed by atoms with van der Waals surface area (Å²) in [6, 6.07) is 6.03. The minimum atomic E-state index is -0.377. The largest absolute Gasteiger partial charge is 0.354 e. The molecule has 0 radical (unpaired) electrons. The number of halogens is 3. The van der Waals surface area contributed by atoms with E-state index in [0.29, 0.717) is 19.4 Å². The molecule has 2 aromatic rings. The van der Waals surface area contributed by atoms with Gasteiger partial charge in [-0.15, -0.1) is 36.2 Å². The highest BCUT2D eigenvalue weighted by Crippen LogP contribution is 2.25. The molecule has 22 heavy (non-hydrogen) atoms. The lowest BCUT2D eigenvalue weighted by molar-refractivity contribution is -0.121. The Morgan fingerprint density at radius 1 is 1.41 bits per heavy atom. The molecule has 0 saturated carbocycles. The van der Waals surface area contributed by atoms with E-state index in [2.05, 4.69) is 26.2 Å². The van der Waals surface area contributed by atoms with Crippen molar-refractivity contribution >= 4 is 68.2 Å². The second-order valence-corrected chi connectivity index (χ2v) is 7.52. The zero-order valence-electron chi connectivity index (χ0n) is 12.4. The number of hydrogen-bond donors (Lipinski definition) is 2. The van der Waals surface area contributed by atoms with Crippen molar-refractivity contribution < 1.29 is 4.79 Å². The van der Waals surface area contributed by atoms with Crippen molar-refractivity contribution in [3.8, 4) is 0 Å². The molecule has 1 aromatic heterocycles. The van der Waals surface area contributed by atoms with E-state index in [0.717, 1.165) is 19.7 Å². The zero-order valence-corrected chi connectivity index (χ0v) is 16.4. The number of aryl methyl sites for hydroxylation is 1. The first-order valence-corrected chi connectivity index (χ1v) is 8.05. The number of aromatic nitrogens is 1. The summed E-state index contributed by atoms with van der Waals surface area (Å²) in [5.41, 5.74) is 6.42. The maximum absolute atomic E-state index is 11.7. The van der Waals surface area contributed by atoms with Crippen molar-refractivity contribution in [2.75, 3.05) is 6.54 Å². The molecule has 0 bridgehead atoms. The van der Waals surface area contributed by atoms with Gasteiger partial charge in [0.25, 0.3) is 0 Å². The molecule has 3 N–H and O–H groups in total. The SMILES string of the molecule is CC(C)(N)CNC(=O)CCc1nc2cc(Br)ccc2s1.Cl.Cl. The van der Waals surface area contributed by atoms with Gasteiger partial charge >= 0.3 is 0 Å². The maximum Gasteiger partial charge on any atom is 0.220 e. The first kappa shape index (κ1) is 21.6. The lowest BCUT2D eigenvalue weighted by Gasteiger charge is -2.18. The molecule has 0 saturated heterocycles. The number of fused-ring (bicyclic) bond motifs is 1. The minimum Gasteiger partial charge on any atom is -0.354 e. The highest BCUT2D eigenvalue weighted by molar-refractivity contribution is 9.10. The van der Waals surface area contributed by atoms with Crippen molar-refractivity contribution in [2.45, 2.75) is 32.2 Å². The third kappa shape index (κ3) is 6.79. The van der Waals surface area contributed by atoms with Crippen LogP contribution in [0.5, 0.6) is 0 Å². The lowest BCUT2D eigenvalue weighted by Crippen LogP contribution is -2.45. The second kappa shape index (κ2) is 9.03. The summed E-state index contributed by atoms with van der Waals surface area (Å²) in [7, 11) is 0. The number of benzene rings is 1. The van der Waals surface area contributed by atoms with Crippen LogP contribution in [0.15, 0.2) is 22.7 Å². The van der Waals surface area contributed by atoms with Gasteiger partial charge in [0, 0.05) is 29.4 Å². The summed E-state index contributed by atoms with van der Waals surface area (Å²) in [6.45, 7) is 4.26. The summed E-state index contributed by atoms with van der Waals surface area (Å²) in [6.07, 6.45) is 1.10. The van der Waals surface area contributed by atoms with Crippen LogP contribution < -0.4 is 11.1 Å². The van der Waals surface area contributed by atoms with E-state index in [1.165, 1.54) is 0 Å². The normalized spacial score (nSPS) is 10.7. The van der Waals surface area contributed by atoms with Crippen LogP contribution in [-0.4, -0.2) is 23.0 Å². The summed E-state index contributed by atoms with van der Waals surface area (Å²) < 4.78 is 2.16. The van der Waals surface area contributed by atoms with Crippen LogP contribution in [0.25, 0.3) is 10.2 Å². The number of nitrogens with two attached hydrogens (primary N) is 1. The molecular weight excluding hydrogens is 409 g/mol. The molecule has 1 aromatic carbocycles. The number of carbonyl (C=O) groups is 1. The number of rotatable bonds is 5. The molecule has 1 heterocycles. The predicted octanol–water partition coefficient (Wildman–Crippen LogP) is 3.69. The molecule has 8 heteroatoms. The first-order chi connectivity index (χ1) is 9.33. The van der Waals surface area contributed by atoms with Crippen LogP contribution in [-0.2, 0) is 11.2 Å². The molecule has 0 aliphatic carbocycles. The molecule has 0 atom stereocenters. The Kier molecular flexibility index (Phi) is 8.87. The van der Waals surface area contributed by atoms with Gasteiger partial charge in [0.05, 0.1) is 15.2 Å². The minimum absolute atomic E-state index is 0. The van der Waals surface area contributed by atoms with E-state index < -0.39 is 0 Å². The van der Waals surface area contributed by atoms with Gasteiger partial charge in [-0.1, -0.05) is 15.9 Å². The van der Waals surface area contributed by atoms with Crippen molar-refractivity contribution in [2.24, 2.45) is 5.73 Å². The van der Waals surface area contributed by atoms with Crippen molar-refractivity contribution in [3.63, 3.8) is 0 Å². The Labute approximate surface area is 155 Å². The van der Waals surface area contributed by atoms with Crippen LogP contribution in [0.3, 0.4) is 0 Å². The number of nitrogens with zero attached hydrogens (tertiary/aromatic N) is 1. The maximum atomic E-state index is 11.7. The quantitative estimate of drug-likeness (QED) is 0.762. The standard InChI is InChI=1S/C14H18BrN3OS.2ClH/c1-14(2,16)8-17-12(19)5-6-13-18-10-7-9(15)3-4-11(10)20-13;;/h3-4,7H,5-6,8,16H2,1-2H3,(H,17,19);2*1H. The van der Waals surface area contributed by atoms with Crippen molar-refractivity contribution in [1.29, 1.82) is 0 Å². The van der Waals surface area contributed by atoms with Crippen LogP contribution in [0.2, 0.25) is 0 Å². The Balaban J connectivity index is 0.00000220. The number of hydrogen-bond acceptors (Lipinski definition) is 4. The molecule has 0 fully saturated rings. The summed E-state index contributed by atoms with van der Waals surface area (Å²) in [5, 5.41) is 3.83. The van der Waals surface area contributed by atoms with E-state index in [-0.39, 0.29) is 36.3 Å². The number of carbonyl (C=O) groups excluding carboxylic acids is 1. The molecule has 0 spiro atoms. The zero-order chi connectivity index (χ0) is 14.8. The van der Waals surface area contributed by atoms with E-state index in [1.807, 2.05) is 32.0 Å². The topological polar surface area (TPSA) is 68.0 Å². The van der Waals surface area contributed by atoms with Gasteiger partial charge in [-0.3, -0.25) is 4.79 Å². The van der Waals surface area contributed by atoms with Crippen LogP contribution in [0.4, 0.5) is 0 Å². The molecule has 0 unspecified atom stereocenters. The van der Waals surface area contributed by atoms with E-state index in [1.54, 1.807) is 11.3 Å². The van der Waals surface area contributed by atoms with E-state index >= 15 is 0 Å². The average Bonchev–Trinajstić information content (AvgIpc) is 2.75.